The molecule has 112 valence electrons. The zero-order chi connectivity index (χ0) is 15.4. The highest BCUT2D eigenvalue weighted by molar-refractivity contribution is 7.95. The van der Waals surface area contributed by atoms with E-state index in [1.165, 1.54) is 35.7 Å². The van der Waals surface area contributed by atoms with Gasteiger partial charge in [0.15, 0.2) is 0 Å². The van der Waals surface area contributed by atoms with E-state index in [1.54, 1.807) is 0 Å². The van der Waals surface area contributed by atoms with Crippen LogP contribution in [-0.2, 0) is 8.98 Å². The Kier molecular flexibility index (Phi) is 6.12. The van der Waals surface area contributed by atoms with Crippen molar-refractivity contribution >= 4 is 18.0 Å². The summed E-state index contributed by atoms with van der Waals surface area (Å²) in [5.41, 5.74) is 3.89. The Bertz CT molecular complexity index is 447. The molecule has 0 unspecified atom stereocenters. The second-order valence-electron chi connectivity index (χ2n) is 6.15. The largest absolute Gasteiger partial charge is 0.386 e. The molecule has 0 amide bonds. The monoisotopic (exact) mass is 294 g/mol. The molecular formula is C17H26O2S. The number of carbonyl (C=O) groups is 1. The number of hydrogen-bond donors (Lipinski definition) is 0. The predicted octanol–water partition coefficient (Wildman–Crippen LogP) is 5.63. The lowest BCUT2D eigenvalue weighted by molar-refractivity contribution is -0.130. The van der Waals surface area contributed by atoms with Crippen LogP contribution in [0.4, 0.5) is 0 Å². The fraction of sp³-hybridized carbons (Fsp3) is 0.588. The number of carbonyl (C=O) groups excluding carboxylic acids is 1. The van der Waals surface area contributed by atoms with Crippen LogP contribution in [-0.4, -0.2) is 5.97 Å². The van der Waals surface area contributed by atoms with Crippen LogP contribution >= 0.6 is 12.0 Å². The summed E-state index contributed by atoms with van der Waals surface area (Å²) in [6, 6.07) is 4.51. The van der Waals surface area contributed by atoms with E-state index in [0.717, 1.165) is 4.90 Å². The molecule has 0 heterocycles. The molecule has 0 aromatic heterocycles. The van der Waals surface area contributed by atoms with Crippen molar-refractivity contribution in [3.63, 3.8) is 0 Å². The van der Waals surface area contributed by atoms with Crippen LogP contribution < -0.4 is 0 Å². The normalized spacial score (nSPS) is 11.5. The van der Waals surface area contributed by atoms with Gasteiger partial charge in [0, 0.05) is 6.92 Å². The van der Waals surface area contributed by atoms with E-state index in [9.17, 15) is 4.79 Å². The Hall–Kier alpha value is -0.960. The van der Waals surface area contributed by atoms with Crippen LogP contribution in [0.1, 0.15) is 82.9 Å². The third-order valence-electron chi connectivity index (χ3n) is 3.32. The molecule has 1 rings (SSSR count). The summed E-state index contributed by atoms with van der Waals surface area (Å²) in [6.45, 7) is 14.6. The van der Waals surface area contributed by atoms with Gasteiger partial charge in [-0.3, -0.25) is 4.79 Å². The Balaban J connectivity index is 3.38. The minimum absolute atomic E-state index is 0.257. The number of benzene rings is 1. The third-order valence-corrected chi connectivity index (χ3v) is 4.28. The van der Waals surface area contributed by atoms with Gasteiger partial charge in [-0.2, -0.15) is 0 Å². The molecule has 0 aliphatic heterocycles. The SMILES string of the molecule is CC(=O)OSc1c(C(C)C)cc(C(C)C)cc1C(C)C. The lowest BCUT2D eigenvalue weighted by atomic mass is 9.89. The van der Waals surface area contributed by atoms with Crippen molar-refractivity contribution in [1.29, 1.82) is 0 Å². The number of rotatable bonds is 5. The van der Waals surface area contributed by atoms with E-state index in [4.69, 9.17) is 4.18 Å². The van der Waals surface area contributed by atoms with E-state index < -0.39 is 0 Å². The van der Waals surface area contributed by atoms with Gasteiger partial charge in [0.1, 0.15) is 0 Å². The second kappa shape index (κ2) is 7.16. The summed E-state index contributed by atoms with van der Waals surface area (Å²) in [6.07, 6.45) is 0. The van der Waals surface area contributed by atoms with E-state index >= 15 is 0 Å². The van der Waals surface area contributed by atoms with Crippen molar-refractivity contribution in [2.24, 2.45) is 0 Å². The second-order valence-corrected chi connectivity index (χ2v) is 6.89. The highest BCUT2D eigenvalue weighted by atomic mass is 32.2. The topological polar surface area (TPSA) is 26.3 Å². The average Bonchev–Trinajstić information content (AvgIpc) is 2.34. The summed E-state index contributed by atoms with van der Waals surface area (Å²) < 4.78 is 5.19. The van der Waals surface area contributed by atoms with Gasteiger partial charge >= 0.3 is 5.97 Å². The van der Waals surface area contributed by atoms with E-state index in [2.05, 4.69) is 53.7 Å². The lowest BCUT2D eigenvalue weighted by Gasteiger charge is -2.21. The van der Waals surface area contributed by atoms with Gasteiger partial charge in [-0.25, -0.2) is 0 Å². The van der Waals surface area contributed by atoms with Crippen molar-refractivity contribution in [3.05, 3.63) is 28.8 Å². The summed E-state index contributed by atoms with van der Waals surface area (Å²) in [5, 5.41) is 0. The summed E-state index contributed by atoms with van der Waals surface area (Å²) in [4.78, 5) is 12.2. The first kappa shape index (κ1) is 17.1. The maximum Gasteiger partial charge on any atom is 0.315 e. The molecule has 0 spiro atoms. The fourth-order valence-electron chi connectivity index (χ4n) is 2.09. The Labute approximate surface area is 127 Å². The molecule has 0 N–H and O–H groups in total. The van der Waals surface area contributed by atoms with Gasteiger partial charge in [-0.05, 0) is 34.4 Å². The quantitative estimate of drug-likeness (QED) is 0.659. The maximum atomic E-state index is 11.1. The van der Waals surface area contributed by atoms with Crippen LogP contribution in [0.3, 0.4) is 0 Å². The van der Waals surface area contributed by atoms with Crippen LogP contribution in [0.15, 0.2) is 17.0 Å². The number of hydrogen-bond acceptors (Lipinski definition) is 3. The van der Waals surface area contributed by atoms with Crippen LogP contribution in [0.2, 0.25) is 0 Å². The first-order chi connectivity index (χ1) is 9.23. The van der Waals surface area contributed by atoms with Gasteiger partial charge < -0.3 is 4.18 Å². The molecule has 0 saturated carbocycles. The van der Waals surface area contributed by atoms with Crippen molar-refractivity contribution in [3.8, 4) is 0 Å². The standard InChI is InChI=1S/C17H26O2S/c1-10(2)14-8-15(11(3)4)17(20-19-13(7)18)16(9-14)12(5)6/h8-12H,1-7H3. The molecule has 20 heavy (non-hydrogen) atoms. The first-order valence-electron chi connectivity index (χ1n) is 7.26. The minimum atomic E-state index is -0.257. The van der Waals surface area contributed by atoms with Crippen LogP contribution in [0.25, 0.3) is 0 Å². The Morgan fingerprint density at radius 3 is 1.70 bits per heavy atom. The Morgan fingerprint density at radius 1 is 0.950 bits per heavy atom. The summed E-state index contributed by atoms with van der Waals surface area (Å²) in [5.74, 6) is 1.05. The molecular weight excluding hydrogens is 268 g/mol. The molecule has 0 aliphatic rings. The molecule has 2 nitrogen and oxygen atoms in total. The van der Waals surface area contributed by atoms with Gasteiger partial charge in [-0.15, -0.1) is 0 Å². The van der Waals surface area contributed by atoms with Gasteiger partial charge in [0.2, 0.25) is 0 Å². The van der Waals surface area contributed by atoms with Crippen molar-refractivity contribution in [1.82, 2.24) is 0 Å². The van der Waals surface area contributed by atoms with Crippen molar-refractivity contribution in [2.45, 2.75) is 71.1 Å². The molecule has 1 aromatic rings. The molecule has 0 aliphatic carbocycles. The van der Waals surface area contributed by atoms with Crippen molar-refractivity contribution in [2.75, 3.05) is 0 Å². The predicted molar refractivity (Wildman–Crippen MR) is 86.3 cm³/mol. The molecule has 3 heteroatoms. The van der Waals surface area contributed by atoms with E-state index in [1.807, 2.05) is 0 Å². The molecule has 0 radical (unpaired) electrons. The zero-order valence-corrected chi connectivity index (χ0v) is 14.4. The first-order valence-corrected chi connectivity index (χ1v) is 8.01. The highest BCUT2D eigenvalue weighted by Gasteiger charge is 2.19. The summed E-state index contributed by atoms with van der Waals surface area (Å²) in [7, 11) is 0. The van der Waals surface area contributed by atoms with E-state index in [-0.39, 0.29) is 5.97 Å². The zero-order valence-electron chi connectivity index (χ0n) is 13.6. The molecule has 0 atom stereocenters. The van der Waals surface area contributed by atoms with Crippen LogP contribution in [0.5, 0.6) is 0 Å². The van der Waals surface area contributed by atoms with Crippen LogP contribution in [0, 0.1) is 0 Å². The van der Waals surface area contributed by atoms with E-state index in [0.29, 0.717) is 17.8 Å². The minimum Gasteiger partial charge on any atom is -0.386 e. The van der Waals surface area contributed by atoms with Gasteiger partial charge in [-0.1, -0.05) is 53.7 Å². The fourth-order valence-corrected chi connectivity index (χ4v) is 3.07. The van der Waals surface area contributed by atoms with Crippen molar-refractivity contribution < 1.29 is 8.98 Å². The van der Waals surface area contributed by atoms with Gasteiger partial charge in [0.05, 0.1) is 16.9 Å². The molecule has 0 fully saturated rings. The molecule has 1 aromatic carbocycles. The third kappa shape index (κ3) is 4.27. The molecule has 0 saturated heterocycles. The average molecular weight is 294 g/mol. The summed E-state index contributed by atoms with van der Waals surface area (Å²) >= 11 is 1.21. The highest BCUT2D eigenvalue weighted by Crippen LogP contribution is 2.38. The lowest BCUT2D eigenvalue weighted by Crippen LogP contribution is -2.03. The maximum absolute atomic E-state index is 11.1. The molecule has 0 bridgehead atoms. The Morgan fingerprint density at radius 2 is 1.40 bits per heavy atom. The smallest absolute Gasteiger partial charge is 0.315 e. The van der Waals surface area contributed by atoms with Gasteiger partial charge in [0.25, 0.3) is 0 Å².